The number of hydrogen-bond acceptors (Lipinski definition) is 5. The van der Waals surface area contributed by atoms with Crippen LogP contribution in [0.4, 0.5) is 4.39 Å². The molecule has 2 aromatic heterocycles. The molecule has 0 spiro atoms. The van der Waals surface area contributed by atoms with Crippen LogP contribution in [0.25, 0.3) is 0 Å². The summed E-state index contributed by atoms with van der Waals surface area (Å²) in [6.07, 6.45) is 8.62. The van der Waals surface area contributed by atoms with Crippen LogP contribution in [0.1, 0.15) is 46.5 Å². The van der Waals surface area contributed by atoms with Gasteiger partial charge in [-0.2, -0.15) is 0 Å². The molecule has 0 unspecified atom stereocenters. The Labute approximate surface area is 156 Å². The summed E-state index contributed by atoms with van der Waals surface area (Å²) >= 11 is 0. The Balaban J connectivity index is 1.43. The maximum absolute atomic E-state index is 13.0. The number of benzene rings is 1. The number of hydrogen-bond donors (Lipinski definition) is 0. The maximum Gasteiger partial charge on any atom is 0.274 e. The highest BCUT2D eigenvalue weighted by Crippen LogP contribution is 2.28. The van der Waals surface area contributed by atoms with E-state index in [1.807, 2.05) is 0 Å². The molecule has 1 amide bonds. The van der Waals surface area contributed by atoms with E-state index >= 15 is 0 Å². The van der Waals surface area contributed by atoms with Crippen molar-refractivity contribution in [1.82, 2.24) is 19.9 Å². The highest BCUT2D eigenvalue weighted by atomic mass is 19.1. The van der Waals surface area contributed by atoms with Gasteiger partial charge in [0.05, 0.1) is 18.3 Å². The number of oxazole rings is 1. The molecule has 3 heterocycles. The van der Waals surface area contributed by atoms with Gasteiger partial charge in [0.2, 0.25) is 0 Å². The Morgan fingerprint density at radius 3 is 2.81 bits per heavy atom. The Kier molecular flexibility index (Phi) is 4.91. The van der Waals surface area contributed by atoms with E-state index in [-0.39, 0.29) is 17.6 Å². The molecule has 0 aliphatic carbocycles. The summed E-state index contributed by atoms with van der Waals surface area (Å²) in [5.74, 6) is 1.05. The van der Waals surface area contributed by atoms with Crippen molar-refractivity contribution in [3.8, 4) is 0 Å². The minimum Gasteiger partial charge on any atom is -0.445 e. The fraction of sp³-hybridized carbons (Fsp3) is 0.300. The smallest absolute Gasteiger partial charge is 0.274 e. The van der Waals surface area contributed by atoms with E-state index in [0.717, 1.165) is 24.2 Å². The first-order valence-electron chi connectivity index (χ1n) is 8.93. The van der Waals surface area contributed by atoms with E-state index in [1.54, 1.807) is 29.4 Å². The van der Waals surface area contributed by atoms with Gasteiger partial charge < -0.3 is 9.32 Å². The van der Waals surface area contributed by atoms with Gasteiger partial charge in [-0.3, -0.25) is 9.78 Å². The van der Waals surface area contributed by atoms with Crippen molar-refractivity contribution in [1.29, 1.82) is 0 Å². The fourth-order valence-electron chi connectivity index (χ4n) is 3.33. The molecule has 6 nitrogen and oxygen atoms in total. The van der Waals surface area contributed by atoms with Crippen LogP contribution in [0.15, 0.2) is 53.5 Å². The Hall–Kier alpha value is -3.09. The van der Waals surface area contributed by atoms with Crippen molar-refractivity contribution in [2.24, 2.45) is 0 Å². The van der Waals surface area contributed by atoms with Crippen LogP contribution in [-0.4, -0.2) is 38.8 Å². The summed E-state index contributed by atoms with van der Waals surface area (Å²) in [4.78, 5) is 26.8. The number of carbonyl (C=O) groups excluding carboxylic acids is 1. The second-order valence-electron chi connectivity index (χ2n) is 6.65. The molecular weight excluding hydrogens is 347 g/mol. The topological polar surface area (TPSA) is 72.1 Å². The van der Waals surface area contributed by atoms with Gasteiger partial charge in [-0.1, -0.05) is 12.1 Å². The van der Waals surface area contributed by atoms with E-state index in [9.17, 15) is 9.18 Å². The molecular formula is C20H19FN4O2. The van der Waals surface area contributed by atoms with Crippen LogP contribution in [0.2, 0.25) is 0 Å². The van der Waals surface area contributed by atoms with E-state index in [0.29, 0.717) is 31.1 Å². The van der Waals surface area contributed by atoms with Crippen molar-refractivity contribution >= 4 is 5.91 Å². The Bertz CT molecular complexity index is 911. The van der Waals surface area contributed by atoms with Crippen LogP contribution in [0.3, 0.4) is 0 Å². The summed E-state index contributed by atoms with van der Waals surface area (Å²) in [7, 11) is 0. The number of likely N-dealkylation sites (tertiary alicyclic amines) is 1. The Morgan fingerprint density at radius 1 is 1.19 bits per heavy atom. The van der Waals surface area contributed by atoms with Gasteiger partial charge in [0.1, 0.15) is 17.3 Å². The van der Waals surface area contributed by atoms with E-state index in [4.69, 9.17) is 4.42 Å². The average molecular weight is 366 g/mol. The molecule has 0 N–H and O–H groups in total. The summed E-state index contributed by atoms with van der Waals surface area (Å²) in [5.41, 5.74) is 1.31. The van der Waals surface area contributed by atoms with Crippen LogP contribution in [0.5, 0.6) is 0 Å². The third kappa shape index (κ3) is 4.02. The van der Waals surface area contributed by atoms with Crippen molar-refractivity contribution < 1.29 is 13.6 Å². The van der Waals surface area contributed by atoms with Gasteiger partial charge in [0.25, 0.3) is 5.91 Å². The molecule has 1 aromatic carbocycles. The lowest BCUT2D eigenvalue weighted by molar-refractivity contribution is 0.0691. The molecule has 27 heavy (non-hydrogen) atoms. The first kappa shape index (κ1) is 17.3. The van der Waals surface area contributed by atoms with Gasteiger partial charge >= 0.3 is 0 Å². The molecule has 138 valence electrons. The summed E-state index contributed by atoms with van der Waals surface area (Å²) < 4.78 is 18.9. The second kappa shape index (κ2) is 7.65. The number of carbonyl (C=O) groups is 1. The summed E-state index contributed by atoms with van der Waals surface area (Å²) in [6.45, 7) is 1.24. The molecule has 4 rings (SSSR count). The molecule has 0 bridgehead atoms. The SMILES string of the molecule is O=C(c1cnccn1)N1CCC[C@H](c2ncc(Cc3ccc(F)cc3)o2)C1. The number of halogens is 1. The van der Waals surface area contributed by atoms with E-state index in [1.165, 1.54) is 24.5 Å². The van der Waals surface area contributed by atoms with Crippen LogP contribution >= 0.6 is 0 Å². The first-order chi connectivity index (χ1) is 13.2. The minimum atomic E-state index is -0.257. The number of rotatable bonds is 4. The van der Waals surface area contributed by atoms with E-state index in [2.05, 4.69) is 15.0 Å². The number of amides is 1. The van der Waals surface area contributed by atoms with Crippen molar-refractivity contribution in [2.75, 3.05) is 13.1 Å². The van der Waals surface area contributed by atoms with E-state index < -0.39 is 0 Å². The van der Waals surface area contributed by atoms with Crippen molar-refractivity contribution in [3.63, 3.8) is 0 Å². The fourth-order valence-corrected chi connectivity index (χ4v) is 3.33. The van der Waals surface area contributed by atoms with Crippen LogP contribution in [0, 0.1) is 5.82 Å². The third-order valence-corrected chi connectivity index (χ3v) is 4.70. The molecule has 0 saturated carbocycles. The van der Waals surface area contributed by atoms with Crippen LogP contribution < -0.4 is 0 Å². The molecule has 1 atom stereocenters. The van der Waals surface area contributed by atoms with Crippen LogP contribution in [-0.2, 0) is 6.42 Å². The average Bonchev–Trinajstić information content (AvgIpc) is 3.18. The largest absolute Gasteiger partial charge is 0.445 e. The highest BCUT2D eigenvalue weighted by Gasteiger charge is 2.29. The van der Waals surface area contributed by atoms with Gasteiger partial charge in [-0.25, -0.2) is 14.4 Å². The molecule has 0 radical (unpaired) electrons. The van der Waals surface area contributed by atoms with Crippen molar-refractivity contribution in [2.45, 2.75) is 25.2 Å². The zero-order valence-corrected chi connectivity index (χ0v) is 14.7. The Morgan fingerprint density at radius 2 is 2.04 bits per heavy atom. The third-order valence-electron chi connectivity index (χ3n) is 4.70. The number of piperidine rings is 1. The predicted octanol–water partition coefficient (Wildman–Crippen LogP) is 3.21. The number of aromatic nitrogens is 3. The monoisotopic (exact) mass is 366 g/mol. The zero-order chi connectivity index (χ0) is 18.6. The lowest BCUT2D eigenvalue weighted by Gasteiger charge is -2.30. The van der Waals surface area contributed by atoms with Gasteiger partial charge in [0, 0.05) is 31.9 Å². The summed E-state index contributed by atoms with van der Waals surface area (Å²) in [5, 5.41) is 0. The van der Waals surface area contributed by atoms with Gasteiger partial charge in [0.15, 0.2) is 5.89 Å². The minimum absolute atomic E-state index is 0.0568. The molecule has 1 fully saturated rings. The normalized spacial score (nSPS) is 17.1. The van der Waals surface area contributed by atoms with Crippen molar-refractivity contribution in [3.05, 3.63) is 77.8 Å². The molecule has 1 saturated heterocycles. The van der Waals surface area contributed by atoms with Gasteiger partial charge in [-0.15, -0.1) is 0 Å². The highest BCUT2D eigenvalue weighted by molar-refractivity contribution is 5.92. The number of nitrogens with zero attached hydrogens (tertiary/aromatic N) is 4. The second-order valence-corrected chi connectivity index (χ2v) is 6.65. The molecule has 1 aliphatic heterocycles. The first-order valence-corrected chi connectivity index (χ1v) is 8.93. The van der Waals surface area contributed by atoms with Gasteiger partial charge in [-0.05, 0) is 30.5 Å². The quantitative estimate of drug-likeness (QED) is 0.709. The lowest BCUT2D eigenvalue weighted by atomic mass is 9.98. The zero-order valence-electron chi connectivity index (χ0n) is 14.7. The molecule has 7 heteroatoms. The molecule has 3 aromatic rings. The summed E-state index contributed by atoms with van der Waals surface area (Å²) in [6, 6.07) is 6.34. The predicted molar refractivity (Wildman–Crippen MR) is 95.6 cm³/mol. The lowest BCUT2D eigenvalue weighted by Crippen LogP contribution is -2.39. The molecule has 1 aliphatic rings. The standard InChI is InChI=1S/C20H19FN4O2/c21-16-5-3-14(4-6-16)10-17-11-24-19(27-17)15-2-1-9-25(13-15)20(26)18-12-22-7-8-23-18/h3-8,11-12,15H,1-2,9-10,13H2/t15-/m0/s1. The maximum atomic E-state index is 13.0.